The molecule has 108 valence electrons. The van der Waals surface area contributed by atoms with Gasteiger partial charge in [-0.25, -0.2) is 0 Å². The van der Waals surface area contributed by atoms with E-state index in [4.69, 9.17) is 0 Å². The van der Waals surface area contributed by atoms with Gasteiger partial charge in [0.05, 0.1) is 5.56 Å². The number of halogens is 1. The molecule has 1 aliphatic carbocycles. The Bertz CT molecular complexity index is 511. The number of amides is 1. The molecule has 0 spiro atoms. The van der Waals surface area contributed by atoms with E-state index >= 15 is 0 Å². The molecule has 0 radical (unpaired) electrons. The number of carbonyl (C=O) groups excluding carboxylic acids is 1. The highest BCUT2D eigenvalue weighted by atomic mass is 127. The van der Waals surface area contributed by atoms with Gasteiger partial charge >= 0.3 is 0 Å². The molecule has 1 amide bonds. The van der Waals surface area contributed by atoms with Gasteiger partial charge in [-0.2, -0.15) is 0 Å². The third-order valence-corrected chi connectivity index (χ3v) is 4.69. The molecule has 1 saturated heterocycles. The van der Waals surface area contributed by atoms with Crippen LogP contribution < -0.4 is 5.32 Å². The summed E-state index contributed by atoms with van der Waals surface area (Å²) in [4.78, 5) is 14.7. The Labute approximate surface area is 132 Å². The fraction of sp³-hybridized carbons (Fsp3) is 0.533. The van der Waals surface area contributed by atoms with Crippen LogP contribution in [0.15, 0.2) is 18.2 Å². The van der Waals surface area contributed by atoms with Crippen LogP contribution in [-0.4, -0.2) is 41.1 Å². The van der Waals surface area contributed by atoms with Gasteiger partial charge in [0.1, 0.15) is 5.75 Å². The Balaban J connectivity index is 1.79. The Hall–Kier alpha value is -0.820. The molecule has 1 aromatic carbocycles. The topological polar surface area (TPSA) is 52.6 Å². The zero-order valence-corrected chi connectivity index (χ0v) is 13.5. The molecule has 1 aromatic rings. The normalized spacial score (nSPS) is 21.9. The number of aromatic hydroxyl groups is 1. The lowest BCUT2D eigenvalue weighted by Gasteiger charge is -2.26. The maximum absolute atomic E-state index is 12.7. The quantitative estimate of drug-likeness (QED) is 0.782. The molecule has 3 rings (SSSR count). The summed E-state index contributed by atoms with van der Waals surface area (Å²) in [6.45, 7) is 1.81. The van der Waals surface area contributed by atoms with Crippen LogP contribution in [0.5, 0.6) is 5.75 Å². The number of hydrogen-bond acceptors (Lipinski definition) is 3. The Morgan fingerprint density at radius 2 is 2.20 bits per heavy atom. The minimum Gasteiger partial charge on any atom is -0.507 e. The lowest BCUT2D eigenvalue weighted by atomic mass is 10.1. The number of phenols is 1. The Kier molecular flexibility index (Phi) is 4.16. The third kappa shape index (κ3) is 3.09. The van der Waals surface area contributed by atoms with Gasteiger partial charge in [-0.3, -0.25) is 4.79 Å². The second-order valence-corrected chi connectivity index (χ2v) is 6.89. The third-order valence-electron chi connectivity index (χ3n) is 4.02. The van der Waals surface area contributed by atoms with Gasteiger partial charge in [0, 0.05) is 22.2 Å². The zero-order valence-electron chi connectivity index (χ0n) is 11.3. The van der Waals surface area contributed by atoms with Crippen molar-refractivity contribution in [1.82, 2.24) is 10.2 Å². The van der Waals surface area contributed by atoms with Gasteiger partial charge in [0.15, 0.2) is 0 Å². The van der Waals surface area contributed by atoms with Gasteiger partial charge in [0.2, 0.25) is 0 Å². The fourth-order valence-corrected chi connectivity index (χ4v) is 3.26. The lowest BCUT2D eigenvalue weighted by Crippen LogP contribution is -2.42. The number of rotatable bonds is 4. The summed E-state index contributed by atoms with van der Waals surface area (Å²) in [6, 6.07) is 5.96. The van der Waals surface area contributed by atoms with E-state index in [0.29, 0.717) is 17.6 Å². The fourth-order valence-electron chi connectivity index (χ4n) is 2.77. The van der Waals surface area contributed by atoms with Crippen LogP contribution in [0.2, 0.25) is 0 Å². The van der Waals surface area contributed by atoms with Crippen molar-refractivity contribution in [3.8, 4) is 5.75 Å². The van der Waals surface area contributed by atoms with Crippen molar-refractivity contribution in [3.63, 3.8) is 0 Å². The van der Waals surface area contributed by atoms with Crippen LogP contribution in [0.1, 0.15) is 36.0 Å². The van der Waals surface area contributed by atoms with Crippen LogP contribution in [-0.2, 0) is 0 Å². The van der Waals surface area contributed by atoms with Gasteiger partial charge in [-0.15, -0.1) is 0 Å². The monoisotopic (exact) mass is 386 g/mol. The molecule has 5 heteroatoms. The summed E-state index contributed by atoms with van der Waals surface area (Å²) >= 11 is 2.17. The first kappa shape index (κ1) is 14.1. The summed E-state index contributed by atoms with van der Waals surface area (Å²) in [5.74, 6) is 0.0534. The van der Waals surface area contributed by atoms with Crippen LogP contribution in [0, 0.1) is 3.57 Å². The first-order valence-electron chi connectivity index (χ1n) is 7.18. The van der Waals surface area contributed by atoms with Crippen molar-refractivity contribution in [3.05, 3.63) is 27.3 Å². The van der Waals surface area contributed by atoms with E-state index in [1.165, 1.54) is 6.42 Å². The molecular weight excluding hydrogens is 367 g/mol. The molecule has 1 heterocycles. The number of nitrogens with one attached hydrogen (secondary N) is 1. The van der Waals surface area contributed by atoms with Crippen molar-refractivity contribution >= 4 is 28.5 Å². The highest BCUT2D eigenvalue weighted by Crippen LogP contribution is 2.31. The van der Waals surface area contributed by atoms with Gasteiger partial charge < -0.3 is 15.3 Å². The maximum Gasteiger partial charge on any atom is 0.257 e. The molecule has 4 nitrogen and oxygen atoms in total. The van der Waals surface area contributed by atoms with Crippen molar-refractivity contribution in [2.75, 3.05) is 13.1 Å². The second-order valence-electron chi connectivity index (χ2n) is 5.64. The number of phenolic OH excluding ortho intramolecular Hbond substituents is 1. The molecule has 1 atom stereocenters. The van der Waals surface area contributed by atoms with Crippen LogP contribution in [0.4, 0.5) is 0 Å². The van der Waals surface area contributed by atoms with Crippen molar-refractivity contribution in [2.24, 2.45) is 0 Å². The summed E-state index contributed by atoms with van der Waals surface area (Å²) in [5, 5.41) is 13.4. The molecule has 1 saturated carbocycles. The SMILES string of the molecule is O=C(c1cc(I)ccc1O)N(CC1CCCN1)C1CC1. The van der Waals surface area contributed by atoms with Crippen LogP contribution in [0.25, 0.3) is 0 Å². The number of hydrogen-bond donors (Lipinski definition) is 2. The minimum absolute atomic E-state index is 0.0304. The molecule has 2 fully saturated rings. The molecule has 2 N–H and O–H groups in total. The smallest absolute Gasteiger partial charge is 0.257 e. The zero-order chi connectivity index (χ0) is 14.1. The van der Waals surface area contributed by atoms with Gasteiger partial charge in [-0.05, 0) is 73.0 Å². The molecule has 0 bridgehead atoms. The van der Waals surface area contributed by atoms with E-state index < -0.39 is 0 Å². The van der Waals surface area contributed by atoms with E-state index in [9.17, 15) is 9.90 Å². The molecule has 0 aromatic heterocycles. The highest BCUT2D eigenvalue weighted by Gasteiger charge is 2.35. The standard InChI is InChI=1S/C15H19IN2O2/c16-10-3-6-14(19)13(8-10)15(20)18(12-4-5-12)9-11-2-1-7-17-11/h3,6,8,11-12,17,19H,1-2,4-5,7,9H2. The summed E-state index contributed by atoms with van der Waals surface area (Å²) in [6.07, 6.45) is 4.49. The molecule has 1 unspecified atom stereocenters. The van der Waals surface area contributed by atoms with E-state index in [0.717, 1.165) is 35.9 Å². The lowest BCUT2D eigenvalue weighted by molar-refractivity contribution is 0.0725. The molecular formula is C15H19IN2O2. The Morgan fingerprint density at radius 1 is 1.40 bits per heavy atom. The van der Waals surface area contributed by atoms with Crippen LogP contribution in [0.3, 0.4) is 0 Å². The second kappa shape index (κ2) is 5.89. The Morgan fingerprint density at radius 3 is 2.85 bits per heavy atom. The van der Waals surface area contributed by atoms with E-state index in [1.54, 1.807) is 12.1 Å². The van der Waals surface area contributed by atoms with Gasteiger partial charge in [0.25, 0.3) is 5.91 Å². The predicted octanol–water partition coefficient (Wildman–Crippen LogP) is 2.35. The number of carbonyl (C=O) groups is 1. The summed E-state index contributed by atoms with van der Waals surface area (Å²) in [5.41, 5.74) is 0.432. The van der Waals surface area contributed by atoms with Crippen LogP contribution >= 0.6 is 22.6 Å². The van der Waals surface area contributed by atoms with Crippen molar-refractivity contribution < 1.29 is 9.90 Å². The van der Waals surface area contributed by atoms with Crippen molar-refractivity contribution in [2.45, 2.75) is 37.8 Å². The predicted molar refractivity (Wildman–Crippen MR) is 85.9 cm³/mol. The maximum atomic E-state index is 12.7. The first-order valence-corrected chi connectivity index (χ1v) is 8.26. The van der Waals surface area contributed by atoms with E-state index in [2.05, 4.69) is 27.9 Å². The number of nitrogens with zero attached hydrogens (tertiary/aromatic N) is 1. The molecule has 20 heavy (non-hydrogen) atoms. The molecule has 1 aliphatic heterocycles. The highest BCUT2D eigenvalue weighted by molar-refractivity contribution is 14.1. The average molecular weight is 386 g/mol. The van der Waals surface area contributed by atoms with Crippen molar-refractivity contribution in [1.29, 1.82) is 0 Å². The largest absolute Gasteiger partial charge is 0.507 e. The minimum atomic E-state index is -0.0304. The first-order chi connectivity index (χ1) is 9.65. The van der Waals surface area contributed by atoms with E-state index in [-0.39, 0.29) is 11.7 Å². The summed E-state index contributed by atoms with van der Waals surface area (Å²) in [7, 11) is 0. The average Bonchev–Trinajstić information content (AvgIpc) is 3.15. The molecule has 2 aliphatic rings. The number of benzene rings is 1. The van der Waals surface area contributed by atoms with E-state index in [1.807, 2.05) is 11.0 Å². The van der Waals surface area contributed by atoms with Gasteiger partial charge in [-0.1, -0.05) is 0 Å². The summed E-state index contributed by atoms with van der Waals surface area (Å²) < 4.78 is 0.971.